The molecule has 15 nitrogen and oxygen atoms in total. The van der Waals surface area contributed by atoms with Gasteiger partial charge in [-0.05, 0) is 73.7 Å². The molecule has 23 atom stereocenters. The van der Waals surface area contributed by atoms with Gasteiger partial charge in [0.2, 0.25) is 5.79 Å². The summed E-state index contributed by atoms with van der Waals surface area (Å²) in [5.41, 5.74) is 0.788. The van der Waals surface area contributed by atoms with Crippen molar-refractivity contribution in [2.24, 2.45) is 40.4 Å². The molecule has 0 unspecified atom stereocenters. The van der Waals surface area contributed by atoms with E-state index in [4.69, 9.17) is 28.4 Å². The topological polar surface area (TPSA) is 237 Å². The molecule has 306 valence electrons. The summed E-state index contributed by atoms with van der Waals surface area (Å²) in [6.45, 7) is 11.4. The van der Waals surface area contributed by atoms with Crippen molar-refractivity contribution < 1.29 is 74.4 Å². The van der Waals surface area contributed by atoms with Crippen LogP contribution >= 0.6 is 0 Å². The largest absolute Gasteiger partial charge is 0.394 e. The molecule has 4 aliphatic heterocycles. The number of rotatable bonds is 5. The molecule has 0 aromatic carbocycles. The normalized spacial score (nSPS) is 58.6. The van der Waals surface area contributed by atoms with Crippen molar-refractivity contribution in [2.45, 2.75) is 164 Å². The van der Waals surface area contributed by atoms with E-state index < -0.39 is 104 Å². The van der Waals surface area contributed by atoms with Gasteiger partial charge in [0, 0.05) is 17.8 Å². The van der Waals surface area contributed by atoms with Gasteiger partial charge in [-0.1, -0.05) is 39.0 Å². The third-order valence-electron chi connectivity index (χ3n) is 15.6. The number of ether oxygens (including phenoxy) is 6. The summed E-state index contributed by atoms with van der Waals surface area (Å²) in [5.74, 6) is -0.768. The Bertz CT molecular complexity index is 1460. The maximum absolute atomic E-state index is 11.3. The van der Waals surface area contributed by atoms with Crippen molar-refractivity contribution in [2.75, 3.05) is 13.2 Å². The van der Waals surface area contributed by atoms with Crippen LogP contribution in [0.2, 0.25) is 0 Å². The standard InChI is InChI=1S/C39H60O15/c1-15-14-49-39(34(48)27(15)42)16(2)26-23(54-39)12-22-20-7-6-18-10-19(41)11-25(38(18,5)21(20)8-9-37(22,26)4)52-36-33(31(46)29(44)24(13-40)51-36)53-35-32(47)30(45)28(43)17(3)50-35/h6,16-17,19-36,40-48H,1,7-14H2,2-5H3/t16-,17-,19+,20+,21-,22-,23-,24+,25+,26-,27-,28-,29-,30+,31-,32+,33+,34-,35-,36-,37-,38-,39-/m0/s1. The van der Waals surface area contributed by atoms with Crippen molar-refractivity contribution >= 4 is 0 Å². The minimum absolute atomic E-state index is 0.0895. The predicted octanol–water partition coefficient (Wildman–Crippen LogP) is -0.778. The van der Waals surface area contributed by atoms with Crippen molar-refractivity contribution in [1.29, 1.82) is 0 Å². The maximum Gasteiger partial charge on any atom is 0.200 e. The Balaban J connectivity index is 1.06. The molecule has 0 radical (unpaired) electrons. The van der Waals surface area contributed by atoms with E-state index in [0.29, 0.717) is 12.0 Å². The highest BCUT2D eigenvalue weighted by molar-refractivity contribution is 5.29. The third-order valence-corrected chi connectivity index (χ3v) is 15.6. The first-order valence-electron chi connectivity index (χ1n) is 19.8. The highest BCUT2D eigenvalue weighted by Crippen LogP contribution is 2.71. The Hall–Kier alpha value is -1.12. The average molecular weight is 769 g/mol. The zero-order chi connectivity index (χ0) is 38.8. The smallest absolute Gasteiger partial charge is 0.200 e. The Morgan fingerprint density at radius 3 is 2.33 bits per heavy atom. The quantitative estimate of drug-likeness (QED) is 0.156. The fraction of sp³-hybridized carbons (Fsp3) is 0.897. The maximum atomic E-state index is 11.3. The van der Waals surface area contributed by atoms with Crippen LogP contribution in [-0.4, -0.2) is 157 Å². The van der Waals surface area contributed by atoms with Gasteiger partial charge in [0.15, 0.2) is 12.6 Å². The molecule has 8 aliphatic rings. The zero-order valence-electron chi connectivity index (χ0n) is 31.5. The number of aliphatic hydroxyl groups is 9. The molecule has 0 aromatic rings. The van der Waals surface area contributed by atoms with E-state index in [9.17, 15) is 46.0 Å². The van der Waals surface area contributed by atoms with E-state index in [2.05, 4.69) is 33.4 Å². The van der Waals surface area contributed by atoms with Crippen LogP contribution < -0.4 is 0 Å². The van der Waals surface area contributed by atoms with Gasteiger partial charge < -0.3 is 74.4 Å². The SMILES string of the molecule is C=C1CO[C@@]2(O[C@H]3C[C@H]4[C@@H]5CC=C6C[C@@H](O)C[C@@H](O[C@@H]7O[C@H](CO)[C@H](O)[C@H](O)[C@H]7O[C@@H]7O[C@@H](C)[C@H](O)[C@@H](O)[C@H]7O)[C@]6(C)[C@H]5CC[C@]4(C)[C@H]3[C@@H]2C)[C@@H](O)[C@H]1O. The summed E-state index contributed by atoms with van der Waals surface area (Å²) in [6, 6.07) is 0. The van der Waals surface area contributed by atoms with Crippen molar-refractivity contribution in [3.05, 3.63) is 23.8 Å². The van der Waals surface area contributed by atoms with Crippen LogP contribution in [0.1, 0.15) is 66.2 Å². The lowest BCUT2D eigenvalue weighted by Gasteiger charge is -2.60. The predicted molar refractivity (Wildman–Crippen MR) is 186 cm³/mol. The molecule has 4 saturated heterocycles. The second kappa shape index (κ2) is 14.0. The molecule has 0 aromatic heterocycles. The molecule has 0 bridgehead atoms. The molecule has 54 heavy (non-hydrogen) atoms. The summed E-state index contributed by atoms with van der Waals surface area (Å²) in [6.07, 6.45) is -12.1. The summed E-state index contributed by atoms with van der Waals surface area (Å²) in [4.78, 5) is 0. The van der Waals surface area contributed by atoms with Crippen LogP contribution in [0, 0.1) is 40.4 Å². The molecular formula is C39H60O15. The summed E-state index contributed by atoms with van der Waals surface area (Å²) >= 11 is 0. The van der Waals surface area contributed by atoms with Gasteiger partial charge in [0.1, 0.15) is 54.9 Å². The molecule has 3 saturated carbocycles. The summed E-state index contributed by atoms with van der Waals surface area (Å²) < 4.78 is 37.5. The minimum atomic E-state index is -1.69. The van der Waals surface area contributed by atoms with Gasteiger partial charge in [0.25, 0.3) is 0 Å². The summed E-state index contributed by atoms with van der Waals surface area (Å²) in [7, 11) is 0. The Morgan fingerprint density at radius 2 is 1.61 bits per heavy atom. The van der Waals surface area contributed by atoms with E-state index in [-0.39, 0.29) is 54.1 Å². The highest BCUT2D eigenvalue weighted by atomic mass is 16.8. The lowest BCUT2D eigenvalue weighted by Crippen LogP contribution is -2.65. The number of aliphatic hydroxyl groups excluding tert-OH is 9. The van der Waals surface area contributed by atoms with E-state index in [1.807, 2.05) is 0 Å². The molecule has 9 N–H and O–H groups in total. The first-order chi connectivity index (χ1) is 25.5. The van der Waals surface area contributed by atoms with Crippen molar-refractivity contribution in [3.63, 3.8) is 0 Å². The first-order valence-corrected chi connectivity index (χ1v) is 19.8. The Kier molecular flexibility index (Phi) is 10.3. The molecule has 0 amide bonds. The number of hydrogen-bond donors (Lipinski definition) is 9. The van der Waals surface area contributed by atoms with Crippen molar-refractivity contribution in [1.82, 2.24) is 0 Å². The molecular weight excluding hydrogens is 708 g/mol. The highest BCUT2D eigenvalue weighted by Gasteiger charge is 2.71. The van der Waals surface area contributed by atoms with Gasteiger partial charge in [-0.3, -0.25) is 0 Å². The Labute approximate surface area is 315 Å². The van der Waals surface area contributed by atoms with E-state index in [0.717, 1.165) is 31.3 Å². The van der Waals surface area contributed by atoms with Crippen molar-refractivity contribution in [3.8, 4) is 0 Å². The fourth-order valence-electron chi connectivity index (χ4n) is 12.6. The van der Waals surface area contributed by atoms with Crippen LogP contribution in [0.25, 0.3) is 0 Å². The van der Waals surface area contributed by atoms with Crippen LogP contribution in [-0.2, 0) is 28.4 Å². The van der Waals surface area contributed by atoms with Crippen LogP contribution in [0.3, 0.4) is 0 Å². The lowest BCUT2D eigenvalue weighted by molar-refractivity contribution is -0.374. The van der Waals surface area contributed by atoms with Gasteiger partial charge in [-0.25, -0.2) is 0 Å². The fourth-order valence-corrected chi connectivity index (χ4v) is 12.6. The zero-order valence-corrected chi connectivity index (χ0v) is 31.5. The first kappa shape index (κ1) is 39.7. The minimum Gasteiger partial charge on any atom is -0.394 e. The summed E-state index contributed by atoms with van der Waals surface area (Å²) in [5, 5.41) is 96.9. The molecule has 1 spiro atoms. The molecule has 4 heterocycles. The van der Waals surface area contributed by atoms with Gasteiger partial charge in [0.05, 0.1) is 37.6 Å². The Morgan fingerprint density at radius 1 is 0.870 bits per heavy atom. The van der Waals surface area contributed by atoms with Crippen LogP contribution in [0.5, 0.6) is 0 Å². The third kappa shape index (κ3) is 5.71. The molecule has 8 rings (SSSR count). The average Bonchev–Trinajstić information content (AvgIpc) is 3.60. The number of fused-ring (bicyclic) bond motifs is 7. The second-order valence-corrected chi connectivity index (χ2v) is 18.1. The van der Waals surface area contributed by atoms with Gasteiger partial charge in [-0.15, -0.1) is 0 Å². The van der Waals surface area contributed by atoms with Gasteiger partial charge in [-0.2, -0.15) is 0 Å². The lowest BCUT2D eigenvalue weighted by atomic mass is 9.46. The van der Waals surface area contributed by atoms with Gasteiger partial charge >= 0.3 is 0 Å². The second-order valence-electron chi connectivity index (χ2n) is 18.1. The monoisotopic (exact) mass is 768 g/mol. The van der Waals surface area contributed by atoms with Crippen LogP contribution in [0.15, 0.2) is 23.8 Å². The van der Waals surface area contributed by atoms with E-state index >= 15 is 0 Å². The number of allylic oxidation sites excluding steroid dienone is 1. The van der Waals surface area contributed by atoms with E-state index in [1.165, 1.54) is 6.92 Å². The molecule has 7 fully saturated rings. The molecule has 15 heteroatoms. The molecule has 4 aliphatic carbocycles. The van der Waals surface area contributed by atoms with Crippen LogP contribution in [0.4, 0.5) is 0 Å². The number of hydrogen-bond acceptors (Lipinski definition) is 15. The van der Waals surface area contributed by atoms with E-state index in [1.54, 1.807) is 0 Å².